The molecular formula is C15H26N4O2. The summed E-state index contributed by atoms with van der Waals surface area (Å²) in [5, 5.41) is 3.14. The second-order valence-corrected chi connectivity index (χ2v) is 6.92. The highest BCUT2D eigenvalue weighted by Gasteiger charge is 2.38. The van der Waals surface area contributed by atoms with Gasteiger partial charge in [0.2, 0.25) is 5.91 Å². The highest BCUT2D eigenvalue weighted by molar-refractivity contribution is 5.86. The standard InChI is InChI=1S/C15H26N4O2/c1-14(2,3)12(10-19-7-6-17-11-19)18-13(20)15(16)4-8-21-9-5-15/h6-7,11-12H,4-5,8-10,16H2,1-3H3,(H,18,20). The highest BCUT2D eigenvalue weighted by Crippen LogP contribution is 2.23. The summed E-state index contributed by atoms with van der Waals surface area (Å²) in [6.07, 6.45) is 6.54. The predicted octanol–water partition coefficient (Wildman–Crippen LogP) is 0.922. The lowest BCUT2D eigenvalue weighted by atomic mass is 9.84. The molecule has 1 aliphatic heterocycles. The highest BCUT2D eigenvalue weighted by atomic mass is 16.5. The maximum Gasteiger partial charge on any atom is 0.240 e. The van der Waals surface area contributed by atoms with Crippen molar-refractivity contribution in [2.24, 2.45) is 11.1 Å². The van der Waals surface area contributed by atoms with E-state index in [0.717, 1.165) is 0 Å². The average Bonchev–Trinajstić information content (AvgIpc) is 2.90. The van der Waals surface area contributed by atoms with Gasteiger partial charge in [-0.15, -0.1) is 0 Å². The van der Waals surface area contributed by atoms with Crippen LogP contribution in [0.4, 0.5) is 0 Å². The zero-order valence-corrected chi connectivity index (χ0v) is 13.1. The molecule has 1 unspecified atom stereocenters. The maximum absolute atomic E-state index is 12.6. The van der Waals surface area contributed by atoms with Crippen LogP contribution < -0.4 is 11.1 Å². The van der Waals surface area contributed by atoms with E-state index in [-0.39, 0.29) is 17.4 Å². The third-order valence-corrected chi connectivity index (χ3v) is 4.14. The van der Waals surface area contributed by atoms with Crippen molar-refractivity contribution < 1.29 is 9.53 Å². The minimum atomic E-state index is -0.809. The Morgan fingerprint density at radius 3 is 2.67 bits per heavy atom. The van der Waals surface area contributed by atoms with Gasteiger partial charge in [-0.2, -0.15) is 0 Å². The molecule has 1 aromatic heterocycles. The third-order valence-electron chi connectivity index (χ3n) is 4.14. The molecule has 0 bridgehead atoms. The van der Waals surface area contributed by atoms with E-state index < -0.39 is 5.54 Å². The Hall–Kier alpha value is -1.40. The molecule has 1 aromatic rings. The first-order valence-corrected chi connectivity index (χ1v) is 7.45. The molecule has 0 radical (unpaired) electrons. The van der Waals surface area contributed by atoms with Gasteiger partial charge in [0, 0.05) is 32.2 Å². The minimum absolute atomic E-state index is 0.0116. The first kappa shape index (κ1) is 16.0. The van der Waals surface area contributed by atoms with Crippen molar-refractivity contribution >= 4 is 5.91 Å². The molecule has 3 N–H and O–H groups in total. The first-order valence-electron chi connectivity index (χ1n) is 7.45. The van der Waals surface area contributed by atoms with Crippen LogP contribution >= 0.6 is 0 Å². The molecule has 1 fully saturated rings. The quantitative estimate of drug-likeness (QED) is 0.865. The number of nitrogens with zero attached hydrogens (tertiary/aromatic N) is 2. The molecular weight excluding hydrogens is 268 g/mol. The SMILES string of the molecule is CC(C)(C)C(Cn1ccnc1)NC(=O)C1(N)CCOCC1. The van der Waals surface area contributed by atoms with Crippen molar-refractivity contribution in [1.29, 1.82) is 0 Å². The molecule has 2 heterocycles. The van der Waals surface area contributed by atoms with Gasteiger partial charge in [-0.05, 0) is 18.3 Å². The van der Waals surface area contributed by atoms with Gasteiger partial charge < -0.3 is 20.4 Å². The number of carbonyl (C=O) groups excluding carboxylic acids is 1. The summed E-state index contributed by atoms with van der Waals surface area (Å²) in [6.45, 7) is 8.12. The van der Waals surface area contributed by atoms with Crippen LogP contribution in [-0.2, 0) is 16.1 Å². The molecule has 1 aliphatic rings. The van der Waals surface area contributed by atoms with Crippen LogP contribution in [0.15, 0.2) is 18.7 Å². The molecule has 118 valence electrons. The summed E-state index contributed by atoms with van der Waals surface area (Å²) in [6, 6.07) is -0.0116. The van der Waals surface area contributed by atoms with Crippen LogP contribution in [0.2, 0.25) is 0 Å². The molecule has 0 spiro atoms. The number of hydrogen-bond donors (Lipinski definition) is 2. The van der Waals surface area contributed by atoms with Gasteiger partial charge in [-0.1, -0.05) is 20.8 Å². The number of rotatable bonds is 4. The topological polar surface area (TPSA) is 82.2 Å². The number of carbonyl (C=O) groups is 1. The molecule has 1 amide bonds. The molecule has 6 heteroatoms. The van der Waals surface area contributed by atoms with E-state index in [4.69, 9.17) is 10.5 Å². The average molecular weight is 294 g/mol. The van der Waals surface area contributed by atoms with Crippen LogP contribution in [0.3, 0.4) is 0 Å². The maximum atomic E-state index is 12.6. The summed E-state index contributed by atoms with van der Waals surface area (Å²) >= 11 is 0. The number of nitrogens with one attached hydrogen (secondary N) is 1. The predicted molar refractivity (Wildman–Crippen MR) is 80.6 cm³/mol. The Balaban J connectivity index is 2.06. The lowest BCUT2D eigenvalue weighted by molar-refractivity contribution is -0.131. The molecule has 2 rings (SSSR count). The number of amides is 1. The van der Waals surface area contributed by atoms with Gasteiger partial charge in [-0.25, -0.2) is 4.98 Å². The molecule has 21 heavy (non-hydrogen) atoms. The Labute approximate surface area is 126 Å². The monoisotopic (exact) mass is 294 g/mol. The largest absolute Gasteiger partial charge is 0.381 e. The van der Waals surface area contributed by atoms with E-state index in [1.54, 1.807) is 12.5 Å². The molecule has 0 saturated carbocycles. The van der Waals surface area contributed by atoms with Crippen LogP contribution in [0.1, 0.15) is 33.6 Å². The van der Waals surface area contributed by atoms with Crippen molar-refractivity contribution in [2.75, 3.05) is 13.2 Å². The van der Waals surface area contributed by atoms with E-state index in [9.17, 15) is 4.79 Å². The lowest BCUT2D eigenvalue weighted by Gasteiger charge is -2.37. The third kappa shape index (κ3) is 4.04. The minimum Gasteiger partial charge on any atom is -0.381 e. The van der Waals surface area contributed by atoms with Crippen molar-refractivity contribution in [2.45, 2.75) is 51.7 Å². The second kappa shape index (κ2) is 6.15. The second-order valence-electron chi connectivity index (χ2n) is 6.92. The van der Waals surface area contributed by atoms with Crippen molar-refractivity contribution in [3.05, 3.63) is 18.7 Å². The fourth-order valence-corrected chi connectivity index (χ4v) is 2.41. The van der Waals surface area contributed by atoms with Gasteiger partial charge >= 0.3 is 0 Å². The van der Waals surface area contributed by atoms with Gasteiger partial charge in [0.25, 0.3) is 0 Å². The number of aromatic nitrogens is 2. The van der Waals surface area contributed by atoms with Gasteiger partial charge in [0.05, 0.1) is 17.9 Å². The molecule has 1 atom stereocenters. The van der Waals surface area contributed by atoms with Gasteiger partial charge in [0.1, 0.15) is 0 Å². The van der Waals surface area contributed by atoms with E-state index >= 15 is 0 Å². The summed E-state index contributed by atoms with van der Waals surface area (Å²) in [4.78, 5) is 16.6. The molecule has 0 aromatic carbocycles. The first-order chi connectivity index (χ1) is 9.81. The number of nitrogens with two attached hydrogens (primary N) is 1. The van der Waals surface area contributed by atoms with Crippen molar-refractivity contribution in [3.8, 4) is 0 Å². The Morgan fingerprint density at radius 1 is 1.48 bits per heavy atom. The van der Waals surface area contributed by atoms with E-state index in [1.807, 2.05) is 10.8 Å². The van der Waals surface area contributed by atoms with E-state index in [2.05, 4.69) is 31.1 Å². The molecule has 0 aliphatic carbocycles. The lowest BCUT2D eigenvalue weighted by Crippen LogP contribution is -2.60. The number of ether oxygens (including phenoxy) is 1. The summed E-state index contributed by atoms with van der Waals surface area (Å²) < 4.78 is 7.28. The summed E-state index contributed by atoms with van der Waals surface area (Å²) in [5.74, 6) is -0.0779. The van der Waals surface area contributed by atoms with Crippen LogP contribution in [0.25, 0.3) is 0 Å². The fourth-order valence-electron chi connectivity index (χ4n) is 2.41. The van der Waals surface area contributed by atoms with Gasteiger partial charge in [-0.3, -0.25) is 4.79 Å². The zero-order valence-electron chi connectivity index (χ0n) is 13.1. The molecule has 6 nitrogen and oxygen atoms in total. The van der Waals surface area contributed by atoms with Crippen LogP contribution in [-0.4, -0.2) is 40.3 Å². The fraction of sp³-hybridized carbons (Fsp3) is 0.733. The van der Waals surface area contributed by atoms with Crippen LogP contribution in [0.5, 0.6) is 0 Å². The zero-order chi connectivity index (χ0) is 15.5. The smallest absolute Gasteiger partial charge is 0.240 e. The summed E-state index contributed by atoms with van der Waals surface area (Å²) in [5.41, 5.74) is 5.38. The van der Waals surface area contributed by atoms with E-state index in [0.29, 0.717) is 32.6 Å². The van der Waals surface area contributed by atoms with Gasteiger partial charge in [0.15, 0.2) is 0 Å². The van der Waals surface area contributed by atoms with E-state index in [1.165, 1.54) is 0 Å². The Morgan fingerprint density at radius 2 is 2.14 bits per heavy atom. The summed E-state index contributed by atoms with van der Waals surface area (Å²) in [7, 11) is 0. The van der Waals surface area contributed by atoms with Crippen molar-refractivity contribution in [1.82, 2.24) is 14.9 Å². The van der Waals surface area contributed by atoms with Crippen molar-refractivity contribution in [3.63, 3.8) is 0 Å². The number of imidazole rings is 1. The van der Waals surface area contributed by atoms with Crippen LogP contribution in [0, 0.1) is 5.41 Å². The molecule has 1 saturated heterocycles. The number of hydrogen-bond acceptors (Lipinski definition) is 4. The normalized spacial score (nSPS) is 20.0. The Bertz CT molecular complexity index is 459. The Kier molecular flexibility index (Phi) is 4.68.